The second kappa shape index (κ2) is 9.79. The van der Waals surface area contributed by atoms with Gasteiger partial charge in [-0.3, -0.25) is 9.69 Å². The highest BCUT2D eigenvalue weighted by molar-refractivity contribution is 5.99. The maximum absolute atomic E-state index is 12.9. The topological polar surface area (TPSA) is 89.5 Å². The molecule has 0 spiro atoms. The van der Waals surface area contributed by atoms with Crippen LogP contribution in [-0.4, -0.2) is 61.8 Å². The molecule has 8 nitrogen and oxygen atoms in total. The Morgan fingerprint density at radius 3 is 2.91 bits per heavy atom. The van der Waals surface area contributed by atoms with Crippen LogP contribution in [0.15, 0.2) is 53.5 Å². The summed E-state index contributed by atoms with van der Waals surface area (Å²) in [5, 5.41) is 2.83. The molecule has 3 heterocycles. The monoisotopic (exact) mass is 461 g/mol. The van der Waals surface area contributed by atoms with Crippen molar-refractivity contribution in [1.82, 2.24) is 4.90 Å². The van der Waals surface area contributed by atoms with Gasteiger partial charge in [0.2, 0.25) is 5.91 Å². The van der Waals surface area contributed by atoms with Crippen LogP contribution in [0, 0.1) is 0 Å². The molecular weight excluding hydrogens is 434 g/mol. The van der Waals surface area contributed by atoms with Crippen LogP contribution < -0.4 is 5.32 Å². The molecule has 0 aliphatic carbocycles. The lowest BCUT2D eigenvalue weighted by Crippen LogP contribution is -2.34. The Kier molecular flexibility index (Phi) is 6.42. The number of nitrogens with zero attached hydrogens (tertiary/aromatic N) is 2. The van der Waals surface area contributed by atoms with Crippen molar-refractivity contribution in [2.45, 2.75) is 25.9 Å². The number of amides is 3. The zero-order valence-corrected chi connectivity index (χ0v) is 19.1. The maximum Gasteiger partial charge on any atom is 0.351 e. The van der Waals surface area contributed by atoms with E-state index in [4.69, 9.17) is 14.2 Å². The number of rotatable bonds is 4. The average molecular weight is 462 g/mol. The Balaban J connectivity index is 1.35. The molecule has 34 heavy (non-hydrogen) atoms. The van der Waals surface area contributed by atoms with Gasteiger partial charge in [0.1, 0.15) is 12.7 Å². The van der Waals surface area contributed by atoms with Gasteiger partial charge in [0.15, 0.2) is 5.90 Å². The fraction of sp³-hybridized carbons (Fsp3) is 0.346. The zero-order valence-electron chi connectivity index (χ0n) is 19.1. The van der Waals surface area contributed by atoms with Gasteiger partial charge >= 0.3 is 6.03 Å². The van der Waals surface area contributed by atoms with Gasteiger partial charge in [-0.15, -0.1) is 0 Å². The Morgan fingerprint density at radius 1 is 1.21 bits per heavy atom. The lowest BCUT2D eigenvalue weighted by Gasteiger charge is -2.30. The molecule has 8 heteroatoms. The molecule has 2 aromatic rings. The molecule has 176 valence electrons. The first-order chi connectivity index (χ1) is 16.6. The second-order valence-corrected chi connectivity index (χ2v) is 8.50. The van der Waals surface area contributed by atoms with Gasteiger partial charge < -0.3 is 19.5 Å². The Morgan fingerprint density at radius 2 is 2.09 bits per heavy atom. The minimum absolute atomic E-state index is 0.0992. The number of fused-ring (bicyclic) bond motifs is 3. The van der Waals surface area contributed by atoms with E-state index in [0.29, 0.717) is 45.3 Å². The second-order valence-electron chi connectivity index (χ2n) is 8.50. The minimum atomic E-state index is -0.308. The van der Waals surface area contributed by atoms with Crippen molar-refractivity contribution in [2.24, 2.45) is 4.99 Å². The van der Waals surface area contributed by atoms with Gasteiger partial charge in [-0.1, -0.05) is 36.4 Å². The Labute approximate surface area is 198 Å². The Hall–Kier alpha value is -3.49. The molecule has 1 N–H and O–H groups in total. The average Bonchev–Trinajstić information content (AvgIpc) is 3.01. The van der Waals surface area contributed by atoms with E-state index in [9.17, 15) is 9.59 Å². The van der Waals surface area contributed by atoms with E-state index < -0.39 is 0 Å². The largest absolute Gasteiger partial charge is 0.478 e. The number of anilines is 1. The number of urea groups is 1. The fourth-order valence-electron chi connectivity index (χ4n) is 4.44. The van der Waals surface area contributed by atoms with E-state index in [0.717, 1.165) is 34.5 Å². The molecule has 3 amide bonds. The highest BCUT2D eigenvalue weighted by Gasteiger charge is 2.29. The van der Waals surface area contributed by atoms with E-state index in [2.05, 4.69) is 22.4 Å². The van der Waals surface area contributed by atoms with Gasteiger partial charge in [0.25, 0.3) is 0 Å². The highest BCUT2D eigenvalue weighted by Crippen LogP contribution is 2.34. The predicted molar refractivity (Wildman–Crippen MR) is 129 cm³/mol. The first kappa shape index (κ1) is 22.3. The predicted octanol–water partition coefficient (Wildman–Crippen LogP) is 3.87. The summed E-state index contributed by atoms with van der Waals surface area (Å²) in [7, 11) is 0. The van der Waals surface area contributed by atoms with Crippen LogP contribution in [-0.2, 0) is 25.4 Å². The molecule has 1 fully saturated rings. The standard InChI is InChI=1S/C26H27N3O5/c1-17(30)27-21-4-2-3-18(14-21)19-5-6-23-20(13-19)9-10-29-24(23)7-8-25(28-26(29)31)34-16-22-15-32-11-12-33-22/h2-7,13-14,22H,8-12,15-16H2,1H3,(H,27,30). The number of nitrogens with one attached hydrogen (secondary N) is 1. The molecule has 0 aromatic heterocycles. The van der Waals surface area contributed by atoms with Crippen LogP contribution in [0.2, 0.25) is 0 Å². The van der Waals surface area contributed by atoms with Crippen LogP contribution in [0.1, 0.15) is 24.5 Å². The quantitative estimate of drug-likeness (QED) is 0.747. The minimum Gasteiger partial charge on any atom is -0.478 e. The first-order valence-corrected chi connectivity index (χ1v) is 11.5. The summed E-state index contributed by atoms with van der Waals surface area (Å²) in [5.41, 5.74) is 5.92. The van der Waals surface area contributed by atoms with Gasteiger partial charge in [-0.05, 0) is 35.2 Å². The van der Waals surface area contributed by atoms with Crippen molar-refractivity contribution in [3.05, 3.63) is 59.7 Å². The molecule has 0 radical (unpaired) electrons. The molecule has 3 aliphatic heterocycles. The lowest BCUT2D eigenvalue weighted by atomic mass is 9.92. The van der Waals surface area contributed by atoms with Crippen molar-refractivity contribution < 1.29 is 23.8 Å². The summed E-state index contributed by atoms with van der Waals surface area (Å²) in [6, 6.07) is 13.7. The summed E-state index contributed by atoms with van der Waals surface area (Å²) in [6.45, 7) is 4.00. The highest BCUT2D eigenvalue weighted by atomic mass is 16.6. The maximum atomic E-state index is 12.9. The summed E-state index contributed by atoms with van der Waals surface area (Å²) in [4.78, 5) is 30.2. The third kappa shape index (κ3) is 4.88. The number of ether oxygens (including phenoxy) is 3. The number of aliphatic imine (C=N–C) groups is 1. The summed E-state index contributed by atoms with van der Waals surface area (Å²) in [5.74, 6) is 0.298. The Bertz CT molecular complexity index is 1170. The van der Waals surface area contributed by atoms with Crippen molar-refractivity contribution in [2.75, 3.05) is 38.3 Å². The van der Waals surface area contributed by atoms with E-state index in [-0.39, 0.29) is 18.0 Å². The van der Waals surface area contributed by atoms with Crippen molar-refractivity contribution in [3.8, 4) is 11.1 Å². The molecule has 5 rings (SSSR count). The molecule has 2 aromatic carbocycles. The van der Waals surface area contributed by atoms with Crippen LogP contribution in [0.3, 0.4) is 0 Å². The van der Waals surface area contributed by atoms with Crippen LogP contribution in [0.5, 0.6) is 0 Å². The van der Waals surface area contributed by atoms with Crippen molar-refractivity contribution in [1.29, 1.82) is 0 Å². The number of carbonyl (C=O) groups excluding carboxylic acids is 2. The third-order valence-corrected chi connectivity index (χ3v) is 6.04. The summed E-state index contributed by atoms with van der Waals surface area (Å²) in [6.07, 6.45) is 3.03. The van der Waals surface area contributed by atoms with Gasteiger partial charge in [0.05, 0.1) is 19.8 Å². The molecule has 0 bridgehead atoms. The number of hydrogen-bond acceptors (Lipinski definition) is 5. The van der Waals surface area contributed by atoms with Crippen LogP contribution >= 0.6 is 0 Å². The van der Waals surface area contributed by atoms with Crippen molar-refractivity contribution in [3.63, 3.8) is 0 Å². The molecule has 0 saturated carbocycles. The zero-order chi connectivity index (χ0) is 23.5. The number of hydrogen-bond donors (Lipinski definition) is 1. The van der Waals surface area contributed by atoms with Gasteiger partial charge in [-0.2, -0.15) is 4.99 Å². The van der Waals surface area contributed by atoms with E-state index in [1.807, 2.05) is 36.4 Å². The van der Waals surface area contributed by atoms with E-state index in [1.54, 1.807) is 4.90 Å². The lowest BCUT2D eigenvalue weighted by molar-refractivity contribution is -0.114. The number of carbonyl (C=O) groups is 2. The molecule has 1 unspecified atom stereocenters. The normalized spacial score (nSPS) is 19.9. The van der Waals surface area contributed by atoms with Crippen molar-refractivity contribution >= 4 is 29.2 Å². The first-order valence-electron chi connectivity index (χ1n) is 11.5. The SMILES string of the molecule is CC(=O)Nc1cccc(-c2ccc3c(c2)CCN2C(=O)N=C(OCC4COCCO4)CC=C32)c1. The molecule has 3 aliphatic rings. The third-order valence-electron chi connectivity index (χ3n) is 6.04. The van der Waals surface area contributed by atoms with Gasteiger partial charge in [-0.25, -0.2) is 4.79 Å². The van der Waals surface area contributed by atoms with E-state index in [1.165, 1.54) is 12.5 Å². The molecule has 1 atom stereocenters. The van der Waals surface area contributed by atoms with E-state index >= 15 is 0 Å². The van der Waals surface area contributed by atoms with Gasteiger partial charge in [0, 0.05) is 36.8 Å². The smallest absolute Gasteiger partial charge is 0.351 e. The summed E-state index contributed by atoms with van der Waals surface area (Å²) >= 11 is 0. The van der Waals surface area contributed by atoms with Crippen LogP contribution in [0.4, 0.5) is 10.5 Å². The molecule has 1 saturated heterocycles. The fourth-order valence-corrected chi connectivity index (χ4v) is 4.44. The molecular formula is C26H27N3O5. The van der Waals surface area contributed by atoms with Crippen LogP contribution in [0.25, 0.3) is 16.8 Å². The summed E-state index contributed by atoms with van der Waals surface area (Å²) < 4.78 is 16.8. The number of benzene rings is 2.